The third kappa shape index (κ3) is 3.38. The molecule has 0 aromatic heterocycles. The predicted octanol–water partition coefficient (Wildman–Crippen LogP) is 3.76. The Morgan fingerprint density at radius 3 is 2.20 bits per heavy atom. The molecular weight excluding hydrogens is 250 g/mol. The highest BCUT2D eigenvalue weighted by molar-refractivity contribution is 5.76. The van der Waals surface area contributed by atoms with Gasteiger partial charge in [0.15, 0.2) is 0 Å². The molecule has 0 spiro atoms. The molecule has 0 aliphatic carbocycles. The van der Waals surface area contributed by atoms with Crippen molar-refractivity contribution in [2.75, 3.05) is 5.32 Å². The Labute approximate surface area is 119 Å². The van der Waals surface area contributed by atoms with E-state index in [1.54, 1.807) is 0 Å². The Bertz CT molecular complexity index is 580. The van der Waals surface area contributed by atoms with Gasteiger partial charge >= 0.3 is 0 Å². The minimum Gasteiger partial charge on any atom is -0.489 e. The summed E-state index contributed by atoms with van der Waals surface area (Å²) in [5, 5.41) is 2.72. The van der Waals surface area contributed by atoms with E-state index in [2.05, 4.69) is 36.5 Å². The zero-order chi connectivity index (χ0) is 14.5. The number of nitrogens with one attached hydrogen (secondary N) is 1. The van der Waals surface area contributed by atoms with Crippen LogP contribution in [-0.4, -0.2) is 6.41 Å². The summed E-state index contributed by atoms with van der Waals surface area (Å²) in [5.74, 6) is 0.817. The minimum atomic E-state index is 0.541. The zero-order valence-corrected chi connectivity index (χ0v) is 12.1. The van der Waals surface area contributed by atoms with E-state index < -0.39 is 0 Å². The lowest BCUT2D eigenvalue weighted by atomic mass is 10.1. The van der Waals surface area contributed by atoms with Gasteiger partial charge in [0.2, 0.25) is 6.41 Å². The van der Waals surface area contributed by atoms with Crippen LogP contribution in [0.15, 0.2) is 36.4 Å². The molecule has 2 aromatic rings. The van der Waals surface area contributed by atoms with Crippen molar-refractivity contribution in [3.63, 3.8) is 0 Å². The Balaban J connectivity index is 2.10. The van der Waals surface area contributed by atoms with Crippen LogP contribution in [0.3, 0.4) is 0 Å². The van der Waals surface area contributed by atoms with Crippen molar-refractivity contribution in [1.29, 1.82) is 0 Å². The first-order chi connectivity index (χ1) is 9.60. The first-order valence-electron chi connectivity index (χ1n) is 6.60. The van der Waals surface area contributed by atoms with Crippen LogP contribution in [0.4, 0.5) is 5.69 Å². The molecule has 1 N–H and O–H groups in total. The summed E-state index contributed by atoms with van der Waals surface area (Å²) in [6.07, 6.45) is 0.697. The fourth-order valence-corrected chi connectivity index (χ4v) is 2.14. The van der Waals surface area contributed by atoms with E-state index in [0.29, 0.717) is 13.0 Å². The molecule has 0 aliphatic heterocycles. The van der Waals surface area contributed by atoms with Gasteiger partial charge in [0.05, 0.1) is 0 Å². The van der Waals surface area contributed by atoms with Crippen LogP contribution in [0.1, 0.15) is 22.3 Å². The van der Waals surface area contributed by atoms with Crippen molar-refractivity contribution in [2.45, 2.75) is 27.4 Å². The molecule has 0 saturated heterocycles. The van der Waals surface area contributed by atoms with Gasteiger partial charge in [0, 0.05) is 5.69 Å². The smallest absolute Gasteiger partial charge is 0.211 e. The van der Waals surface area contributed by atoms with Gasteiger partial charge in [-0.25, -0.2) is 0 Å². The van der Waals surface area contributed by atoms with Gasteiger partial charge in [0.25, 0.3) is 0 Å². The van der Waals surface area contributed by atoms with Gasteiger partial charge in [-0.2, -0.15) is 0 Å². The predicted molar refractivity (Wildman–Crippen MR) is 81.1 cm³/mol. The lowest BCUT2D eigenvalue weighted by Gasteiger charge is -2.12. The maximum absolute atomic E-state index is 10.6. The van der Waals surface area contributed by atoms with Crippen molar-refractivity contribution < 1.29 is 9.53 Å². The van der Waals surface area contributed by atoms with E-state index in [-0.39, 0.29) is 0 Å². The highest BCUT2D eigenvalue weighted by atomic mass is 16.5. The third-order valence-electron chi connectivity index (χ3n) is 3.24. The maximum atomic E-state index is 10.6. The summed E-state index contributed by atoms with van der Waals surface area (Å²) in [6.45, 7) is 6.52. The standard InChI is InChI=1S/C17H19NO2/c1-12-4-6-15(7-5-12)10-20-16-8-13(2)17(18-11-19)14(3)9-16/h4-9,11H,10H2,1-3H3,(H,18,19). The summed E-state index contributed by atoms with van der Waals surface area (Å²) >= 11 is 0. The second-order valence-electron chi connectivity index (χ2n) is 4.97. The lowest BCUT2D eigenvalue weighted by Crippen LogP contribution is -2.01. The molecule has 3 nitrogen and oxygen atoms in total. The van der Waals surface area contributed by atoms with Crippen LogP contribution < -0.4 is 10.1 Å². The summed E-state index contributed by atoms with van der Waals surface area (Å²) in [7, 11) is 0. The molecule has 0 heterocycles. The number of amides is 1. The minimum absolute atomic E-state index is 0.541. The number of anilines is 1. The molecule has 104 valence electrons. The molecule has 1 amide bonds. The number of benzene rings is 2. The van der Waals surface area contributed by atoms with Gasteiger partial charge in [-0.05, 0) is 49.6 Å². The fraction of sp³-hybridized carbons (Fsp3) is 0.235. The Morgan fingerprint density at radius 1 is 1.05 bits per heavy atom. The second kappa shape index (κ2) is 6.24. The average molecular weight is 269 g/mol. The molecule has 0 bridgehead atoms. The lowest BCUT2D eigenvalue weighted by molar-refractivity contribution is -0.105. The van der Waals surface area contributed by atoms with Crippen molar-refractivity contribution >= 4 is 12.1 Å². The molecule has 0 unspecified atom stereocenters. The monoisotopic (exact) mass is 269 g/mol. The topological polar surface area (TPSA) is 38.3 Å². The van der Waals surface area contributed by atoms with Crippen LogP contribution in [0, 0.1) is 20.8 Å². The number of hydrogen-bond acceptors (Lipinski definition) is 2. The molecule has 2 rings (SSSR count). The summed E-state index contributed by atoms with van der Waals surface area (Å²) in [5.41, 5.74) is 5.22. The number of rotatable bonds is 5. The quantitative estimate of drug-likeness (QED) is 0.839. The SMILES string of the molecule is Cc1ccc(COc2cc(C)c(NC=O)c(C)c2)cc1. The van der Waals surface area contributed by atoms with Crippen LogP contribution in [-0.2, 0) is 11.4 Å². The number of carbonyl (C=O) groups excluding carboxylic acids is 1. The third-order valence-corrected chi connectivity index (χ3v) is 3.24. The van der Waals surface area contributed by atoms with E-state index >= 15 is 0 Å². The first-order valence-corrected chi connectivity index (χ1v) is 6.60. The van der Waals surface area contributed by atoms with E-state index in [1.165, 1.54) is 5.56 Å². The first kappa shape index (κ1) is 14.1. The maximum Gasteiger partial charge on any atom is 0.211 e. The number of aryl methyl sites for hydroxylation is 3. The zero-order valence-electron chi connectivity index (χ0n) is 12.1. The molecule has 0 atom stereocenters. The van der Waals surface area contributed by atoms with Crippen molar-refractivity contribution in [3.8, 4) is 5.75 Å². The Kier molecular flexibility index (Phi) is 4.41. The van der Waals surface area contributed by atoms with Crippen molar-refractivity contribution in [2.24, 2.45) is 0 Å². The van der Waals surface area contributed by atoms with Gasteiger partial charge in [0.1, 0.15) is 12.4 Å². The summed E-state index contributed by atoms with van der Waals surface area (Å²) in [4.78, 5) is 10.6. The average Bonchev–Trinajstić information content (AvgIpc) is 2.42. The molecular formula is C17H19NO2. The number of carbonyl (C=O) groups is 1. The highest BCUT2D eigenvalue weighted by Crippen LogP contribution is 2.26. The number of hydrogen-bond donors (Lipinski definition) is 1. The van der Waals surface area contributed by atoms with E-state index in [1.807, 2.05) is 26.0 Å². The van der Waals surface area contributed by atoms with Crippen LogP contribution in [0.5, 0.6) is 5.75 Å². The van der Waals surface area contributed by atoms with Crippen molar-refractivity contribution in [1.82, 2.24) is 0 Å². The van der Waals surface area contributed by atoms with Gasteiger partial charge < -0.3 is 10.1 Å². The summed E-state index contributed by atoms with van der Waals surface area (Å²) < 4.78 is 5.81. The molecule has 20 heavy (non-hydrogen) atoms. The molecule has 0 saturated carbocycles. The van der Waals surface area contributed by atoms with Crippen LogP contribution in [0.2, 0.25) is 0 Å². The van der Waals surface area contributed by atoms with Crippen LogP contribution in [0.25, 0.3) is 0 Å². The number of ether oxygens (including phenoxy) is 1. The van der Waals surface area contributed by atoms with Crippen molar-refractivity contribution in [3.05, 3.63) is 58.7 Å². The fourth-order valence-electron chi connectivity index (χ4n) is 2.14. The van der Waals surface area contributed by atoms with Crippen LogP contribution >= 0.6 is 0 Å². The van der Waals surface area contributed by atoms with E-state index in [9.17, 15) is 4.79 Å². The van der Waals surface area contributed by atoms with Gasteiger partial charge in [-0.3, -0.25) is 4.79 Å². The highest BCUT2D eigenvalue weighted by Gasteiger charge is 2.05. The largest absolute Gasteiger partial charge is 0.489 e. The normalized spacial score (nSPS) is 10.2. The summed E-state index contributed by atoms with van der Waals surface area (Å²) in [6, 6.07) is 12.2. The van der Waals surface area contributed by atoms with E-state index in [0.717, 1.165) is 28.1 Å². The Hall–Kier alpha value is -2.29. The molecule has 0 radical (unpaired) electrons. The molecule has 2 aromatic carbocycles. The second-order valence-corrected chi connectivity index (χ2v) is 4.97. The Morgan fingerprint density at radius 2 is 1.65 bits per heavy atom. The van der Waals surface area contributed by atoms with Gasteiger partial charge in [-0.1, -0.05) is 29.8 Å². The van der Waals surface area contributed by atoms with Gasteiger partial charge in [-0.15, -0.1) is 0 Å². The molecule has 3 heteroatoms. The van der Waals surface area contributed by atoms with E-state index in [4.69, 9.17) is 4.74 Å². The molecule has 0 aliphatic rings. The molecule has 0 fully saturated rings.